The summed E-state index contributed by atoms with van der Waals surface area (Å²) in [5, 5.41) is 3.22. The first-order valence-electron chi connectivity index (χ1n) is 5.37. The Balaban J connectivity index is 1.86. The molecule has 2 amide bonds. The molecule has 0 aromatic heterocycles. The smallest absolute Gasteiger partial charge is 0.320 e. The Kier molecular flexibility index (Phi) is 3.58. The second-order valence-corrected chi connectivity index (χ2v) is 5.55. The van der Waals surface area contributed by atoms with Gasteiger partial charge in [-0.05, 0) is 0 Å². The summed E-state index contributed by atoms with van der Waals surface area (Å²) in [4.78, 5) is 15.7. The van der Waals surface area contributed by atoms with Crippen molar-refractivity contribution in [3.8, 4) is 0 Å². The van der Waals surface area contributed by atoms with Crippen LogP contribution >= 0.6 is 0 Å². The van der Waals surface area contributed by atoms with E-state index in [9.17, 15) is 9.00 Å². The Morgan fingerprint density at radius 1 is 1.00 bits per heavy atom. The molecule has 0 spiro atoms. The summed E-state index contributed by atoms with van der Waals surface area (Å²) in [5.41, 5.74) is 0. The minimum atomic E-state index is -0.707. The highest BCUT2D eigenvalue weighted by Gasteiger charge is 2.25. The molecule has 0 aromatic rings. The van der Waals surface area contributed by atoms with Gasteiger partial charge in [0.15, 0.2) is 0 Å². The summed E-state index contributed by atoms with van der Waals surface area (Å²) in [5.74, 6) is 1.27. The third-order valence-corrected chi connectivity index (χ3v) is 4.11. The maximum atomic E-state index is 12.0. The summed E-state index contributed by atoms with van der Waals surface area (Å²) >= 11 is 0. The molecule has 0 unspecified atom stereocenters. The maximum Gasteiger partial charge on any atom is 0.320 e. The summed E-state index contributed by atoms with van der Waals surface area (Å²) in [6.45, 7) is 4.64. The van der Waals surface area contributed by atoms with Gasteiger partial charge in [-0.25, -0.2) is 4.79 Å². The predicted octanol–water partition coefficient (Wildman–Crippen LogP) is -0.924. The number of piperazine rings is 1. The molecule has 0 atom stereocenters. The maximum absolute atomic E-state index is 12.0. The lowest BCUT2D eigenvalue weighted by molar-refractivity contribution is 0.150. The molecule has 0 saturated carbocycles. The molecule has 86 valence electrons. The van der Waals surface area contributed by atoms with Crippen molar-refractivity contribution in [2.45, 2.75) is 0 Å². The van der Waals surface area contributed by atoms with Crippen LogP contribution in [-0.4, -0.2) is 70.8 Å². The zero-order valence-electron chi connectivity index (χ0n) is 8.78. The fourth-order valence-corrected chi connectivity index (χ4v) is 2.94. The van der Waals surface area contributed by atoms with Crippen molar-refractivity contribution < 1.29 is 9.00 Å². The van der Waals surface area contributed by atoms with Gasteiger partial charge in [-0.2, -0.15) is 0 Å². The fourth-order valence-electron chi connectivity index (χ4n) is 1.89. The van der Waals surface area contributed by atoms with Crippen LogP contribution in [0.25, 0.3) is 0 Å². The molecular formula is C9H17N3O2S. The van der Waals surface area contributed by atoms with Crippen LogP contribution in [0.2, 0.25) is 0 Å². The van der Waals surface area contributed by atoms with Crippen LogP contribution in [0.15, 0.2) is 0 Å². The van der Waals surface area contributed by atoms with Crippen LogP contribution < -0.4 is 5.32 Å². The van der Waals surface area contributed by atoms with Crippen molar-refractivity contribution in [3.63, 3.8) is 0 Å². The molecule has 2 rings (SSSR count). The molecule has 0 radical (unpaired) electrons. The third-order valence-electron chi connectivity index (χ3n) is 2.84. The molecule has 15 heavy (non-hydrogen) atoms. The van der Waals surface area contributed by atoms with Gasteiger partial charge in [0.1, 0.15) is 0 Å². The van der Waals surface area contributed by atoms with E-state index >= 15 is 0 Å². The van der Waals surface area contributed by atoms with E-state index < -0.39 is 10.8 Å². The topological polar surface area (TPSA) is 52.7 Å². The van der Waals surface area contributed by atoms with Crippen molar-refractivity contribution in [1.82, 2.24) is 15.1 Å². The SMILES string of the molecule is O=C(N1CCNCC1)N1CCS(=O)CC1. The minimum Gasteiger partial charge on any atom is -0.323 e. The van der Waals surface area contributed by atoms with Gasteiger partial charge in [-0.15, -0.1) is 0 Å². The molecule has 2 aliphatic rings. The average molecular weight is 231 g/mol. The summed E-state index contributed by atoms with van der Waals surface area (Å²) < 4.78 is 11.2. The second kappa shape index (κ2) is 4.94. The number of amides is 2. The van der Waals surface area contributed by atoms with Crippen LogP contribution in [0.4, 0.5) is 4.79 Å². The Bertz CT molecular complexity index is 256. The van der Waals surface area contributed by atoms with Crippen molar-refractivity contribution >= 4 is 16.8 Å². The van der Waals surface area contributed by atoms with Crippen LogP contribution in [0, 0.1) is 0 Å². The number of carbonyl (C=O) groups is 1. The molecule has 5 nitrogen and oxygen atoms in total. The Hall–Kier alpha value is -0.620. The van der Waals surface area contributed by atoms with E-state index in [0.717, 1.165) is 26.2 Å². The number of rotatable bonds is 0. The van der Waals surface area contributed by atoms with Crippen molar-refractivity contribution in [2.75, 3.05) is 50.8 Å². The number of hydrogen-bond acceptors (Lipinski definition) is 3. The fraction of sp³-hybridized carbons (Fsp3) is 0.889. The lowest BCUT2D eigenvalue weighted by Crippen LogP contribution is -2.54. The normalized spacial score (nSPS) is 24.3. The average Bonchev–Trinajstić information content (AvgIpc) is 2.30. The molecule has 0 bridgehead atoms. The van der Waals surface area contributed by atoms with Gasteiger partial charge in [-0.1, -0.05) is 0 Å². The Labute approximate surface area is 92.3 Å². The van der Waals surface area contributed by atoms with Gasteiger partial charge >= 0.3 is 6.03 Å². The summed E-state index contributed by atoms with van der Waals surface area (Å²) in [6.07, 6.45) is 0. The van der Waals surface area contributed by atoms with E-state index in [4.69, 9.17) is 0 Å². The number of nitrogens with zero attached hydrogens (tertiary/aromatic N) is 2. The Morgan fingerprint density at radius 3 is 2.13 bits per heavy atom. The monoisotopic (exact) mass is 231 g/mol. The van der Waals surface area contributed by atoms with E-state index in [0.29, 0.717) is 24.6 Å². The largest absolute Gasteiger partial charge is 0.323 e. The second-order valence-electron chi connectivity index (χ2n) is 3.85. The van der Waals surface area contributed by atoms with E-state index in [1.54, 1.807) is 0 Å². The molecule has 2 saturated heterocycles. The molecule has 2 aliphatic heterocycles. The van der Waals surface area contributed by atoms with Gasteiger partial charge in [0.25, 0.3) is 0 Å². The standard InChI is InChI=1S/C9H17N3O2S/c13-9(11-3-1-10-2-4-11)12-5-7-15(14)8-6-12/h10H,1-8H2. The predicted molar refractivity (Wildman–Crippen MR) is 59.3 cm³/mol. The highest BCUT2D eigenvalue weighted by atomic mass is 32.2. The zero-order chi connectivity index (χ0) is 10.7. The molecule has 0 aromatic carbocycles. The van der Waals surface area contributed by atoms with Gasteiger partial charge in [0.2, 0.25) is 0 Å². The Morgan fingerprint density at radius 2 is 1.53 bits per heavy atom. The van der Waals surface area contributed by atoms with Gasteiger partial charge in [0.05, 0.1) is 0 Å². The van der Waals surface area contributed by atoms with E-state index in [1.807, 2.05) is 9.80 Å². The summed E-state index contributed by atoms with van der Waals surface area (Å²) in [7, 11) is -0.707. The van der Waals surface area contributed by atoms with E-state index in [-0.39, 0.29) is 6.03 Å². The first-order valence-corrected chi connectivity index (χ1v) is 6.86. The molecule has 0 aliphatic carbocycles. The first-order chi connectivity index (χ1) is 7.27. The molecule has 2 heterocycles. The lowest BCUT2D eigenvalue weighted by atomic mass is 10.4. The van der Waals surface area contributed by atoms with Crippen LogP contribution in [0.3, 0.4) is 0 Å². The van der Waals surface area contributed by atoms with Gasteiger partial charge in [-0.3, -0.25) is 4.21 Å². The minimum absolute atomic E-state index is 0.119. The molecule has 2 fully saturated rings. The lowest BCUT2D eigenvalue weighted by Gasteiger charge is -2.34. The van der Waals surface area contributed by atoms with E-state index in [1.165, 1.54) is 0 Å². The van der Waals surface area contributed by atoms with Crippen molar-refractivity contribution in [3.05, 3.63) is 0 Å². The first kappa shape index (κ1) is 10.9. The quantitative estimate of drug-likeness (QED) is 0.586. The van der Waals surface area contributed by atoms with Gasteiger partial charge < -0.3 is 15.1 Å². The summed E-state index contributed by atoms with van der Waals surface area (Å²) in [6, 6.07) is 0.119. The van der Waals surface area contributed by atoms with Crippen molar-refractivity contribution in [1.29, 1.82) is 0 Å². The molecule has 1 N–H and O–H groups in total. The number of nitrogens with one attached hydrogen (secondary N) is 1. The molecular weight excluding hydrogens is 214 g/mol. The van der Waals surface area contributed by atoms with Crippen LogP contribution in [0.5, 0.6) is 0 Å². The highest BCUT2D eigenvalue weighted by molar-refractivity contribution is 7.85. The number of hydrogen-bond donors (Lipinski definition) is 1. The van der Waals surface area contributed by atoms with Crippen LogP contribution in [-0.2, 0) is 10.8 Å². The number of urea groups is 1. The molecule has 6 heteroatoms. The van der Waals surface area contributed by atoms with Crippen LogP contribution in [0.1, 0.15) is 0 Å². The zero-order valence-corrected chi connectivity index (χ0v) is 9.59. The van der Waals surface area contributed by atoms with E-state index in [2.05, 4.69) is 5.32 Å². The third kappa shape index (κ3) is 2.69. The number of carbonyl (C=O) groups excluding carboxylic acids is 1. The van der Waals surface area contributed by atoms with Gasteiger partial charge in [0, 0.05) is 61.6 Å². The van der Waals surface area contributed by atoms with Crippen molar-refractivity contribution in [2.24, 2.45) is 0 Å². The highest BCUT2D eigenvalue weighted by Crippen LogP contribution is 2.05.